The van der Waals surface area contributed by atoms with Crippen LogP contribution in [-0.4, -0.2) is 9.65 Å². The summed E-state index contributed by atoms with van der Waals surface area (Å²) < 4.78 is 0. The SMILES string of the molecule is CC12CCC(C[C@H]1Br)C[C@H]2Br. The summed E-state index contributed by atoms with van der Waals surface area (Å²) in [6.07, 6.45) is 5.67. The fraction of sp³-hybridized carbons (Fsp3) is 1.00. The third-order valence-corrected chi connectivity index (χ3v) is 6.44. The summed E-state index contributed by atoms with van der Waals surface area (Å²) in [5.74, 6) is 0.991. The lowest BCUT2D eigenvalue weighted by atomic mass is 9.62. The molecular weight excluding hydrogens is 268 g/mol. The van der Waals surface area contributed by atoms with E-state index in [9.17, 15) is 0 Å². The molecule has 3 aliphatic rings. The van der Waals surface area contributed by atoms with Crippen molar-refractivity contribution in [3.8, 4) is 0 Å². The van der Waals surface area contributed by atoms with Crippen LogP contribution >= 0.6 is 31.9 Å². The molecule has 2 bridgehead atoms. The van der Waals surface area contributed by atoms with Gasteiger partial charge in [0.25, 0.3) is 0 Å². The number of halogens is 2. The Labute approximate surface area is 85.4 Å². The van der Waals surface area contributed by atoms with Gasteiger partial charge in [0.15, 0.2) is 0 Å². The van der Waals surface area contributed by atoms with Gasteiger partial charge in [-0.2, -0.15) is 0 Å². The standard InChI is InChI=1S/C9H14Br2/c1-9-3-2-6(4-7(9)10)5-8(9)11/h6-8H,2-5H2,1H3/t6?,7-,8-,9?/m1/s1. The van der Waals surface area contributed by atoms with Gasteiger partial charge in [-0.1, -0.05) is 38.8 Å². The van der Waals surface area contributed by atoms with E-state index in [1.54, 1.807) is 0 Å². The molecule has 3 saturated carbocycles. The van der Waals surface area contributed by atoms with E-state index < -0.39 is 0 Å². The predicted octanol–water partition coefficient (Wildman–Crippen LogP) is 3.72. The van der Waals surface area contributed by atoms with Gasteiger partial charge in [-0.05, 0) is 37.0 Å². The van der Waals surface area contributed by atoms with E-state index in [0.717, 1.165) is 15.6 Å². The van der Waals surface area contributed by atoms with Gasteiger partial charge in [0.05, 0.1) is 0 Å². The Hall–Kier alpha value is 0.960. The Bertz CT molecular complexity index is 155. The predicted molar refractivity (Wildman–Crippen MR) is 55.5 cm³/mol. The lowest BCUT2D eigenvalue weighted by Crippen LogP contribution is -2.48. The second kappa shape index (κ2) is 2.73. The lowest BCUT2D eigenvalue weighted by Gasteiger charge is -2.51. The summed E-state index contributed by atoms with van der Waals surface area (Å²) >= 11 is 7.62. The topological polar surface area (TPSA) is 0 Å². The normalized spacial score (nSPS) is 56.5. The maximum absolute atomic E-state index is 3.81. The van der Waals surface area contributed by atoms with E-state index in [-0.39, 0.29) is 0 Å². The monoisotopic (exact) mass is 280 g/mol. The summed E-state index contributed by atoms with van der Waals surface area (Å²) in [5.41, 5.74) is 0.536. The van der Waals surface area contributed by atoms with Crippen molar-refractivity contribution < 1.29 is 0 Å². The summed E-state index contributed by atoms with van der Waals surface area (Å²) in [7, 11) is 0. The van der Waals surface area contributed by atoms with Crippen molar-refractivity contribution in [1.29, 1.82) is 0 Å². The zero-order valence-electron chi connectivity index (χ0n) is 6.82. The smallest absolute Gasteiger partial charge is 0.0212 e. The van der Waals surface area contributed by atoms with Gasteiger partial charge in [0.1, 0.15) is 0 Å². The van der Waals surface area contributed by atoms with Crippen LogP contribution in [0.5, 0.6) is 0 Å². The average Bonchev–Trinajstić information content (AvgIpc) is 1.94. The number of rotatable bonds is 0. The molecule has 2 heteroatoms. The molecule has 0 aromatic carbocycles. The van der Waals surface area contributed by atoms with Crippen molar-refractivity contribution in [3.05, 3.63) is 0 Å². The molecule has 0 aromatic rings. The van der Waals surface area contributed by atoms with Gasteiger partial charge < -0.3 is 0 Å². The molecule has 3 fully saturated rings. The molecule has 0 aliphatic heterocycles. The first-order chi connectivity index (χ1) is 5.13. The molecule has 64 valence electrons. The first-order valence-corrected chi connectivity index (χ1v) is 6.24. The Morgan fingerprint density at radius 3 is 2.09 bits per heavy atom. The maximum Gasteiger partial charge on any atom is 0.0212 e. The zero-order valence-corrected chi connectivity index (χ0v) is 9.99. The van der Waals surface area contributed by atoms with E-state index in [1.165, 1.54) is 25.7 Å². The van der Waals surface area contributed by atoms with Crippen LogP contribution in [0.25, 0.3) is 0 Å². The summed E-state index contributed by atoms with van der Waals surface area (Å²) in [6, 6.07) is 0. The van der Waals surface area contributed by atoms with Gasteiger partial charge >= 0.3 is 0 Å². The van der Waals surface area contributed by atoms with Gasteiger partial charge in [0.2, 0.25) is 0 Å². The summed E-state index contributed by atoms with van der Waals surface area (Å²) in [5, 5.41) is 0. The number of fused-ring (bicyclic) bond motifs is 3. The number of hydrogen-bond acceptors (Lipinski definition) is 0. The van der Waals surface area contributed by atoms with Crippen LogP contribution in [-0.2, 0) is 0 Å². The molecule has 2 atom stereocenters. The van der Waals surface area contributed by atoms with Gasteiger partial charge in [-0.15, -0.1) is 0 Å². The minimum absolute atomic E-state index is 0.536. The van der Waals surface area contributed by atoms with Gasteiger partial charge in [0, 0.05) is 9.65 Å². The van der Waals surface area contributed by atoms with Crippen LogP contribution in [0.2, 0.25) is 0 Å². The highest BCUT2D eigenvalue weighted by molar-refractivity contribution is 9.10. The summed E-state index contributed by atoms with van der Waals surface area (Å²) in [4.78, 5) is 1.51. The second-order valence-electron chi connectivity index (χ2n) is 4.32. The largest absolute Gasteiger partial charge is 0.0884 e. The van der Waals surface area contributed by atoms with Crippen molar-refractivity contribution >= 4 is 31.9 Å². The highest BCUT2D eigenvalue weighted by Crippen LogP contribution is 2.55. The lowest BCUT2D eigenvalue weighted by molar-refractivity contribution is 0.107. The maximum atomic E-state index is 3.81. The van der Waals surface area contributed by atoms with Crippen LogP contribution in [0.15, 0.2) is 0 Å². The van der Waals surface area contributed by atoms with Crippen molar-refractivity contribution in [2.75, 3.05) is 0 Å². The fourth-order valence-electron chi connectivity index (χ4n) is 2.48. The van der Waals surface area contributed by atoms with Gasteiger partial charge in [-0.3, -0.25) is 0 Å². The Morgan fingerprint density at radius 2 is 1.73 bits per heavy atom. The fourth-order valence-corrected chi connectivity index (χ4v) is 4.99. The Balaban J connectivity index is 2.23. The molecule has 0 nitrogen and oxygen atoms in total. The highest BCUT2D eigenvalue weighted by atomic mass is 79.9. The highest BCUT2D eigenvalue weighted by Gasteiger charge is 2.48. The third kappa shape index (κ3) is 1.21. The molecule has 0 saturated heterocycles. The number of alkyl halides is 2. The molecule has 0 N–H and O–H groups in total. The minimum atomic E-state index is 0.536. The molecule has 0 unspecified atom stereocenters. The quantitative estimate of drug-likeness (QED) is 0.594. The van der Waals surface area contributed by atoms with Gasteiger partial charge in [-0.25, -0.2) is 0 Å². The molecule has 0 radical (unpaired) electrons. The Kier molecular flexibility index (Phi) is 2.12. The molecule has 3 aliphatic carbocycles. The van der Waals surface area contributed by atoms with E-state index in [1.807, 2.05) is 0 Å². The van der Waals surface area contributed by atoms with E-state index in [0.29, 0.717) is 5.41 Å². The third-order valence-electron chi connectivity index (χ3n) is 3.60. The molecule has 3 rings (SSSR count). The van der Waals surface area contributed by atoms with Crippen molar-refractivity contribution in [2.45, 2.75) is 42.3 Å². The average molecular weight is 282 g/mol. The van der Waals surface area contributed by atoms with Crippen LogP contribution in [0, 0.1) is 11.3 Å². The number of hydrogen-bond donors (Lipinski definition) is 0. The van der Waals surface area contributed by atoms with E-state index in [2.05, 4.69) is 38.8 Å². The molecule has 0 heterocycles. The Morgan fingerprint density at radius 1 is 1.18 bits per heavy atom. The van der Waals surface area contributed by atoms with Crippen LogP contribution in [0.4, 0.5) is 0 Å². The van der Waals surface area contributed by atoms with Crippen LogP contribution in [0.1, 0.15) is 32.6 Å². The second-order valence-corrected chi connectivity index (χ2v) is 6.53. The first-order valence-electron chi connectivity index (χ1n) is 4.41. The molecule has 0 aromatic heterocycles. The van der Waals surface area contributed by atoms with E-state index in [4.69, 9.17) is 0 Å². The minimum Gasteiger partial charge on any atom is -0.0884 e. The first kappa shape index (κ1) is 8.55. The molecule has 0 amide bonds. The molecular formula is C9H14Br2. The van der Waals surface area contributed by atoms with Crippen molar-refractivity contribution in [3.63, 3.8) is 0 Å². The summed E-state index contributed by atoms with van der Waals surface area (Å²) in [6.45, 7) is 2.42. The van der Waals surface area contributed by atoms with Crippen LogP contribution < -0.4 is 0 Å². The van der Waals surface area contributed by atoms with Crippen LogP contribution in [0.3, 0.4) is 0 Å². The van der Waals surface area contributed by atoms with Crippen molar-refractivity contribution in [2.24, 2.45) is 11.3 Å². The van der Waals surface area contributed by atoms with E-state index >= 15 is 0 Å². The van der Waals surface area contributed by atoms with Crippen molar-refractivity contribution in [1.82, 2.24) is 0 Å². The molecule has 0 spiro atoms. The zero-order chi connectivity index (χ0) is 8.06. The molecule has 11 heavy (non-hydrogen) atoms.